The Labute approximate surface area is 115 Å². The first-order valence-corrected chi connectivity index (χ1v) is 7.28. The predicted molar refractivity (Wildman–Crippen MR) is 78.8 cm³/mol. The lowest BCUT2D eigenvalue weighted by Crippen LogP contribution is -2.20. The number of rotatable bonds is 4. The number of hydrogen-bond acceptors (Lipinski definition) is 1. The largest absolute Gasteiger partial charge is 0.397 e. The van der Waals surface area contributed by atoms with E-state index in [1.165, 1.54) is 18.4 Å². The van der Waals surface area contributed by atoms with Crippen molar-refractivity contribution in [2.75, 3.05) is 5.73 Å². The molecule has 0 saturated carbocycles. The van der Waals surface area contributed by atoms with Crippen LogP contribution in [0, 0.1) is 0 Å². The number of benzene rings is 1. The van der Waals surface area contributed by atoms with Gasteiger partial charge >= 0.3 is 0 Å². The molecule has 16 heavy (non-hydrogen) atoms. The fraction of sp³-hybridized carbons (Fsp3) is 0.538. The Hall–Kier alpha value is -0.0200. The van der Waals surface area contributed by atoms with Crippen LogP contribution in [0.3, 0.4) is 0 Å². The molecule has 3 heteroatoms. The fourth-order valence-electron chi connectivity index (χ4n) is 2.01. The van der Waals surface area contributed by atoms with E-state index in [1.54, 1.807) is 0 Å². The average Bonchev–Trinajstić information content (AvgIpc) is 2.25. The number of nitrogens with two attached hydrogens (primary N) is 1. The van der Waals surface area contributed by atoms with Crippen molar-refractivity contribution in [3.63, 3.8) is 0 Å². The van der Waals surface area contributed by atoms with Crippen molar-refractivity contribution in [2.24, 2.45) is 0 Å². The molecule has 1 aromatic rings. The second-order valence-corrected chi connectivity index (χ2v) is 6.23. The summed E-state index contributed by atoms with van der Waals surface area (Å²) in [7, 11) is 0. The standard InChI is InChI=1S/C13H19Br2N/c1-4-6-13(3,5-2)9-7-10(14)12(16)11(15)8-9/h7-8H,4-6,16H2,1-3H3. The topological polar surface area (TPSA) is 26.0 Å². The van der Waals surface area contributed by atoms with Gasteiger partial charge in [-0.15, -0.1) is 0 Å². The van der Waals surface area contributed by atoms with Crippen LogP contribution in [0.4, 0.5) is 5.69 Å². The van der Waals surface area contributed by atoms with Crippen LogP contribution >= 0.6 is 31.9 Å². The normalized spacial score (nSPS) is 14.8. The van der Waals surface area contributed by atoms with Gasteiger partial charge in [0.05, 0.1) is 5.69 Å². The highest BCUT2D eigenvalue weighted by molar-refractivity contribution is 9.11. The van der Waals surface area contributed by atoms with E-state index >= 15 is 0 Å². The predicted octanol–water partition coefficient (Wildman–Crippen LogP) is 5.26. The van der Waals surface area contributed by atoms with E-state index in [9.17, 15) is 0 Å². The molecule has 0 aliphatic carbocycles. The smallest absolute Gasteiger partial charge is 0.0603 e. The molecule has 1 atom stereocenters. The van der Waals surface area contributed by atoms with Crippen LogP contribution in [0.25, 0.3) is 0 Å². The molecule has 0 heterocycles. The zero-order valence-electron chi connectivity index (χ0n) is 10.1. The van der Waals surface area contributed by atoms with Gasteiger partial charge in [0, 0.05) is 8.95 Å². The maximum Gasteiger partial charge on any atom is 0.0603 e. The summed E-state index contributed by atoms with van der Waals surface area (Å²) in [5.41, 5.74) is 8.29. The van der Waals surface area contributed by atoms with Crippen LogP contribution in [-0.4, -0.2) is 0 Å². The minimum atomic E-state index is 0.244. The Kier molecular flexibility index (Phi) is 4.87. The van der Waals surface area contributed by atoms with Crippen LogP contribution < -0.4 is 5.73 Å². The lowest BCUT2D eigenvalue weighted by molar-refractivity contribution is 0.413. The molecule has 0 amide bonds. The zero-order chi connectivity index (χ0) is 12.3. The van der Waals surface area contributed by atoms with Crippen LogP contribution in [0.15, 0.2) is 21.1 Å². The molecule has 0 spiro atoms. The molecule has 0 aliphatic rings. The van der Waals surface area contributed by atoms with Gasteiger partial charge in [0.25, 0.3) is 0 Å². The Morgan fingerprint density at radius 2 is 1.69 bits per heavy atom. The van der Waals surface area contributed by atoms with E-state index in [0.717, 1.165) is 21.1 Å². The lowest BCUT2D eigenvalue weighted by Gasteiger charge is -2.29. The maximum atomic E-state index is 5.92. The monoisotopic (exact) mass is 347 g/mol. The highest BCUT2D eigenvalue weighted by atomic mass is 79.9. The van der Waals surface area contributed by atoms with Crippen molar-refractivity contribution in [1.29, 1.82) is 0 Å². The number of hydrogen-bond donors (Lipinski definition) is 1. The third-order valence-corrected chi connectivity index (χ3v) is 4.67. The molecule has 1 rings (SSSR count). The summed E-state index contributed by atoms with van der Waals surface area (Å²) in [6, 6.07) is 4.30. The second-order valence-electron chi connectivity index (χ2n) is 4.52. The first-order chi connectivity index (χ1) is 7.44. The van der Waals surface area contributed by atoms with Crippen molar-refractivity contribution in [3.05, 3.63) is 26.6 Å². The van der Waals surface area contributed by atoms with Crippen molar-refractivity contribution in [3.8, 4) is 0 Å². The molecule has 1 aromatic carbocycles. The lowest BCUT2D eigenvalue weighted by atomic mass is 9.76. The van der Waals surface area contributed by atoms with E-state index in [-0.39, 0.29) is 5.41 Å². The molecule has 2 N–H and O–H groups in total. The minimum absolute atomic E-state index is 0.244. The van der Waals surface area contributed by atoms with Crippen molar-refractivity contribution < 1.29 is 0 Å². The van der Waals surface area contributed by atoms with Gasteiger partial charge in [0.15, 0.2) is 0 Å². The Morgan fingerprint density at radius 1 is 1.19 bits per heavy atom. The Balaban J connectivity index is 3.21. The van der Waals surface area contributed by atoms with Gasteiger partial charge in [-0.2, -0.15) is 0 Å². The van der Waals surface area contributed by atoms with E-state index in [1.807, 2.05) is 0 Å². The van der Waals surface area contributed by atoms with Gasteiger partial charge in [0.2, 0.25) is 0 Å². The van der Waals surface area contributed by atoms with Crippen LogP contribution in [0.2, 0.25) is 0 Å². The van der Waals surface area contributed by atoms with Gasteiger partial charge in [-0.25, -0.2) is 0 Å². The van der Waals surface area contributed by atoms with Crippen molar-refractivity contribution in [1.82, 2.24) is 0 Å². The minimum Gasteiger partial charge on any atom is -0.397 e. The van der Waals surface area contributed by atoms with E-state index in [0.29, 0.717) is 0 Å². The number of halogens is 2. The second kappa shape index (κ2) is 5.54. The Bertz CT molecular complexity index is 353. The summed E-state index contributed by atoms with van der Waals surface area (Å²) >= 11 is 7.03. The molecule has 0 bridgehead atoms. The first-order valence-electron chi connectivity index (χ1n) is 5.69. The van der Waals surface area contributed by atoms with Gasteiger partial charge in [-0.05, 0) is 67.8 Å². The summed E-state index contributed by atoms with van der Waals surface area (Å²) in [6.45, 7) is 6.80. The molecule has 1 nitrogen and oxygen atoms in total. The summed E-state index contributed by atoms with van der Waals surface area (Å²) < 4.78 is 1.96. The molecule has 0 aliphatic heterocycles. The molecule has 90 valence electrons. The Morgan fingerprint density at radius 3 is 2.06 bits per heavy atom. The summed E-state index contributed by atoms with van der Waals surface area (Å²) in [5.74, 6) is 0. The van der Waals surface area contributed by atoms with Crippen LogP contribution in [-0.2, 0) is 5.41 Å². The third kappa shape index (κ3) is 2.80. The van der Waals surface area contributed by atoms with E-state index in [2.05, 4.69) is 64.8 Å². The highest BCUT2D eigenvalue weighted by Crippen LogP contribution is 2.38. The zero-order valence-corrected chi connectivity index (χ0v) is 13.3. The van der Waals surface area contributed by atoms with Crippen molar-refractivity contribution in [2.45, 2.75) is 45.4 Å². The van der Waals surface area contributed by atoms with E-state index in [4.69, 9.17) is 5.73 Å². The maximum absolute atomic E-state index is 5.92. The fourth-order valence-corrected chi connectivity index (χ4v) is 3.20. The van der Waals surface area contributed by atoms with Gasteiger partial charge in [-0.1, -0.05) is 27.2 Å². The van der Waals surface area contributed by atoms with Gasteiger partial charge in [0.1, 0.15) is 0 Å². The molecule has 0 aromatic heterocycles. The quantitative estimate of drug-likeness (QED) is 0.737. The van der Waals surface area contributed by atoms with Crippen molar-refractivity contribution >= 4 is 37.5 Å². The van der Waals surface area contributed by atoms with Crippen LogP contribution in [0.1, 0.15) is 45.6 Å². The molecular formula is C13H19Br2N. The first kappa shape index (κ1) is 14.0. The number of nitrogen functional groups attached to an aromatic ring is 1. The van der Waals surface area contributed by atoms with Gasteiger partial charge in [-0.3, -0.25) is 0 Å². The molecule has 1 unspecified atom stereocenters. The molecule has 0 fully saturated rings. The summed E-state index contributed by atoms with van der Waals surface area (Å²) in [4.78, 5) is 0. The molecule has 0 saturated heterocycles. The summed E-state index contributed by atoms with van der Waals surface area (Å²) in [5, 5.41) is 0. The average molecular weight is 349 g/mol. The van der Waals surface area contributed by atoms with Crippen LogP contribution in [0.5, 0.6) is 0 Å². The van der Waals surface area contributed by atoms with Gasteiger partial charge < -0.3 is 5.73 Å². The number of anilines is 1. The van der Waals surface area contributed by atoms with E-state index < -0.39 is 0 Å². The summed E-state index contributed by atoms with van der Waals surface area (Å²) in [6.07, 6.45) is 3.54. The highest BCUT2D eigenvalue weighted by Gasteiger charge is 2.24. The molecular weight excluding hydrogens is 330 g/mol. The third-order valence-electron chi connectivity index (χ3n) is 3.36. The SMILES string of the molecule is CCCC(C)(CC)c1cc(Br)c(N)c(Br)c1. The molecule has 0 radical (unpaired) electrons.